The summed E-state index contributed by atoms with van der Waals surface area (Å²) in [5.74, 6) is -2.13. The first kappa shape index (κ1) is 23.0. The normalized spacial score (nSPS) is 13.1. The van der Waals surface area contributed by atoms with Gasteiger partial charge in [0.05, 0.1) is 28.1 Å². The Morgan fingerprint density at radius 2 is 1.47 bits per heavy atom. The van der Waals surface area contributed by atoms with Gasteiger partial charge in [-0.15, -0.1) is 0 Å². The molecule has 174 valence electrons. The zero-order valence-electron chi connectivity index (χ0n) is 17.8. The Morgan fingerprint density at radius 1 is 0.882 bits per heavy atom. The van der Waals surface area contributed by atoms with Crippen LogP contribution in [0.4, 0.5) is 5.69 Å². The molecule has 3 N–H and O–H groups in total. The lowest BCUT2D eigenvalue weighted by Crippen LogP contribution is -2.31. The fourth-order valence-corrected chi connectivity index (χ4v) is 4.74. The summed E-state index contributed by atoms with van der Waals surface area (Å²) in [6, 6.07) is 16.4. The molecule has 3 aromatic carbocycles. The summed E-state index contributed by atoms with van der Waals surface area (Å²) >= 11 is 0. The second-order valence-corrected chi connectivity index (χ2v) is 9.41. The number of phenolic OH excluding ortho intramolecular Hbond substituents is 1. The largest absolute Gasteiger partial charge is 0.506 e. The number of nitrogens with one attached hydrogen (secondary N) is 1. The average molecular weight is 480 g/mol. The topological polar surface area (TPSA) is 141 Å². The molecule has 3 aromatic rings. The van der Waals surface area contributed by atoms with Crippen molar-refractivity contribution >= 4 is 33.5 Å². The predicted molar refractivity (Wildman–Crippen MR) is 122 cm³/mol. The second kappa shape index (κ2) is 8.99. The molecule has 0 fully saturated rings. The number of carbonyl (C=O) groups excluding carboxylic acids is 2. The van der Waals surface area contributed by atoms with Crippen LogP contribution in [0.25, 0.3) is 0 Å². The first-order valence-corrected chi connectivity index (χ1v) is 11.7. The van der Waals surface area contributed by atoms with Gasteiger partial charge in [-0.1, -0.05) is 30.3 Å². The number of carboxylic acid groups (broad SMARTS) is 1. The number of anilines is 1. The number of aromatic hydroxyl groups is 1. The highest BCUT2D eigenvalue weighted by atomic mass is 32.2. The smallest absolute Gasteiger partial charge is 0.307 e. The van der Waals surface area contributed by atoms with Crippen LogP contribution >= 0.6 is 0 Å². The van der Waals surface area contributed by atoms with Crippen LogP contribution in [0, 0.1) is 0 Å². The molecule has 4 rings (SSSR count). The number of hydrogen-bond acceptors (Lipinski definition) is 6. The molecule has 0 spiro atoms. The van der Waals surface area contributed by atoms with Gasteiger partial charge in [-0.05, 0) is 53.9 Å². The number of fused-ring (bicyclic) bond motifs is 1. The van der Waals surface area contributed by atoms with Crippen molar-refractivity contribution in [3.05, 3.63) is 89.0 Å². The van der Waals surface area contributed by atoms with Crippen molar-refractivity contribution in [2.24, 2.45) is 0 Å². The molecule has 1 aliphatic heterocycles. The molecule has 10 heteroatoms. The van der Waals surface area contributed by atoms with Crippen LogP contribution in [0.5, 0.6) is 5.75 Å². The summed E-state index contributed by atoms with van der Waals surface area (Å²) in [4.78, 5) is 36.9. The zero-order valence-corrected chi connectivity index (χ0v) is 18.6. The number of benzene rings is 3. The van der Waals surface area contributed by atoms with Gasteiger partial charge in [0.15, 0.2) is 0 Å². The Labute approximate surface area is 195 Å². The number of carboxylic acids is 1. The number of carbonyl (C=O) groups is 3. The highest BCUT2D eigenvalue weighted by Crippen LogP contribution is 2.28. The molecule has 0 aromatic heterocycles. The first-order valence-electron chi connectivity index (χ1n) is 10.3. The van der Waals surface area contributed by atoms with Gasteiger partial charge in [0.1, 0.15) is 5.75 Å². The third kappa shape index (κ3) is 4.62. The third-order valence-electron chi connectivity index (χ3n) is 5.40. The van der Waals surface area contributed by atoms with Gasteiger partial charge in [-0.25, -0.2) is 8.42 Å². The van der Waals surface area contributed by atoms with Crippen molar-refractivity contribution in [3.63, 3.8) is 0 Å². The Kier molecular flexibility index (Phi) is 6.08. The van der Waals surface area contributed by atoms with E-state index < -0.39 is 16.0 Å². The minimum atomic E-state index is -4.06. The molecular weight excluding hydrogens is 460 g/mol. The van der Waals surface area contributed by atoms with Crippen molar-refractivity contribution in [2.75, 3.05) is 11.3 Å². The number of aliphatic carboxylic acids is 1. The Morgan fingerprint density at radius 3 is 2.06 bits per heavy atom. The molecule has 1 heterocycles. The van der Waals surface area contributed by atoms with E-state index in [9.17, 15) is 27.9 Å². The molecule has 0 bridgehead atoms. The van der Waals surface area contributed by atoms with Crippen molar-refractivity contribution in [2.45, 2.75) is 17.7 Å². The van der Waals surface area contributed by atoms with E-state index in [4.69, 9.17) is 5.11 Å². The Hall–Kier alpha value is -4.18. The SMILES string of the molecule is O=C(O)Cc1ccc(O)c(NS(=O)(=O)c2ccc(CCN3C(=O)c4ccccc4C3=O)cc2)c1. The van der Waals surface area contributed by atoms with Gasteiger partial charge in [0.2, 0.25) is 0 Å². The molecule has 0 atom stereocenters. The lowest BCUT2D eigenvalue weighted by molar-refractivity contribution is -0.136. The maximum Gasteiger partial charge on any atom is 0.307 e. The van der Waals surface area contributed by atoms with Gasteiger partial charge >= 0.3 is 5.97 Å². The molecule has 34 heavy (non-hydrogen) atoms. The number of nitrogens with zero attached hydrogens (tertiary/aromatic N) is 1. The standard InChI is InChI=1S/C24H20N2O7S/c27-21-10-7-16(14-22(28)29)13-20(21)25-34(32,33)17-8-5-15(6-9-17)11-12-26-23(30)18-3-1-2-4-19(18)24(26)31/h1-10,13,25,27H,11-12,14H2,(H,28,29). The van der Waals surface area contributed by atoms with Crippen LogP contribution in [0.2, 0.25) is 0 Å². The van der Waals surface area contributed by atoms with Crippen LogP contribution in [0.15, 0.2) is 71.6 Å². The van der Waals surface area contributed by atoms with Crippen LogP contribution in [0.3, 0.4) is 0 Å². The maximum absolute atomic E-state index is 12.7. The van der Waals surface area contributed by atoms with Crippen LogP contribution in [-0.4, -0.2) is 47.9 Å². The number of rotatable bonds is 8. The molecule has 0 radical (unpaired) electrons. The first-order chi connectivity index (χ1) is 16.2. The summed E-state index contributed by atoms with van der Waals surface area (Å²) < 4.78 is 27.7. The van der Waals surface area contributed by atoms with E-state index in [0.717, 1.165) is 5.56 Å². The molecular formula is C24H20N2O7S. The average Bonchev–Trinajstić information content (AvgIpc) is 3.04. The predicted octanol–water partition coefficient (Wildman–Crippen LogP) is 2.66. The molecule has 0 aliphatic carbocycles. The van der Waals surface area contributed by atoms with Crippen molar-refractivity contribution in [1.82, 2.24) is 4.90 Å². The summed E-state index contributed by atoms with van der Waals surface area (Å²) in [7, 11) is -4.06. The number of hydrogen-bond donors (Lipinski definition) is 3. The molecule has 1 aliphatic rings. The fourth-order valence-electron chi connectivity index (χ4n) is 3.67. The van der Waals surface area contributed by atoms with Gasteiger partial charge in [-0.2, -0.15) is 0 Å². The van der Waals surface area contributed by atoms with Crippen molar-refractivity contribution in [3.8, 4) is 5.75 Å². The van der Waals surface area contributed by atoms with E-state index in [2.05, 4.69) is 4.72 Å². The molecule has 2 amide bonds. The Bertz CT molecular complexity index is 1360. The van der Waals surface area contributed by atoms with E-state index in [1.54, 1.807) is 36.4 Å². The second-order valence-electron chi connectivity index (χ2n) is 7.73. The van der Waals surface area contributed by atoms with Crippen molar-refractivity contribution < 1.29 is 33.0 Å². The monoisotopic (exact) mass is 480 g/mol. The highest BCUT2D eigenvalue weighted by molar-refractivity contribution is 7.92. The van der Waals surface area contributed by atoms with Crippen LogP contribution in [0.1, 0.15) is 31.8 Å². The molecule has 9 nitrogen and oxygen atoms in total. The minimum Gasteiger partial charge on any atom is -0.506 e. The zero-order chi connectivity index (χ0) is 24.5. The highest BCUT2D eigenvalue weighted by Gasteiger charge is 2.34. The number of amides is 2. The van der Waals surface area contributed by atoms with Crippen LogP contribution < -0.4 is 4.72 Å². The minimum absolute atomic E-state index is 0.0694. The quantitative estimate of drug-likeness (QED) is 0.332. The summed E-state index contributed by atoms with van der Waals surface area (Å²) in [5.41, 5.74) is 1.66. The van der Waals surface area contributed by atoms with E-state index >= 15 is 0 Å². The van der Waals surface area contributed by atoms with Gasteiger partial charge in [0, 0.05) is 6.54 Å². The summed E-state index contributed by atoms with van der Waals surface area (Å²) in [6.45, 7) is 0.154. The molecule has 0 saturated carbocycles. The third-order valence-corrected chi connectivity index (χ3v) is 6.78. The number of imide groups is 1. The molecule has 0 unspecified atom stereocenters. The number of sulfonamides is 1. The van der Waals surface area contributed by atoms with Gasteiger partial charge < -0.3 is 10.2 Å². The maximum atomic E-state index is 12.7. The van der Waals surface area contributed by atoms with E-state index in [1.165, 1.54) is 35.2 Å². The fraction of sp³-hybridized carbons (Fsp3) is 0.125. The lowest BCUT2D eigenvalue weighted by Gasteiger charge is -2.14. The van der Waals surface area contributed by atoms with Gasteiger partial charge in [0.25, 0.3) is 21.8 Å². The summed E-state index contributed by atoms with van der Waals surface area (Å²) in [5, 5.41) is 18.9. The summed E-state index contributed by atoms with van der Waals surface area (Å²) in [6.07, 6.45) is 0.0219. The van der Waals surface area contributed by atoms with E-state index in [1.807, 2.05) is 0 Å². The molecule has 0 saturated heterocycles. The number of phenols is 1. The Balaban J connectivity index is 1.44. The van der Waals surface area contributed by atoms with E-state index in [-0.39, 0.29) is 41.1 Å². The van der Waals surface area contributed by atoms with Crippen LogP contribution in [-0.2, 0) is 27.7 Å². The van der Waals surface area contributed by atoms with Crippen molar-refractivity contribution in [1.29, 1.82) is 0 Å². The van der Waals surface area contributed by atoms with E-state index in [0.29, 0.717) is 23.1 Å². The van der Waals surface area contributed by atoms with Gasteiger partial charge in [-0.3, -0.25) is 24.0 Å². The lowest BCUT2D eigenvalue weighted by atomic mass is 10.1.